The maximum absolute atomic E-state index is 12.3. The third-order valence-electron chi connectivity index (χ3n) is 10.6. The Morgan fingerprint density at radius 3 is 1.37 bits per heavy atom. The average Bonchev–Trinajstić information content (AvgIpc) is 3.35. The van der Waals surface area contributed by atoms with Crippen LogP contribution in [0.4, 0.5) is 0 Å². The molecule has 2 rings (SSSR count). The molecular weight excluding hydrogens is 901 g/mol. The van der Waals surface area contributed by atoms with E-state index in [-0.39, 0.29) is 53.3 Å². The minimum absolute atomic E-state index is 0.0273. The predicted molar refractivity (Wildman–Crippen MR) is 273 cm³/mol. The number of hydrogen-bond acceptors (Lipinski definition) is 14. The Kier molecular flexibility index (Phi) is 38.6. The van der Waals surface area contributed by atoms with Gasteiger partial charge < -0.3 is 57.8 Å². The first-order chi connectivity index (χ1) is 33.6. The Morgan fingerprint density at radius 2 is 0.957 bits per heavy atom. The van der Waals surface area contributed by atoms with Crippen molar-refractivity contribution in [3.05, 3.63) is 70.8 Å². The van der Waals surface area contributed by atoms with Crippen LogP contribution in [-0.4, -0.2) is 126 Å². The first kappa shape index (κ1) is 64.2. The Hall–Kier alpha value is -5.80. The molecule has 2 aromatic rings. The highest BCUT2D eigenvalue weighted by Gasteiger charge is 2.13. The number of likely N-dealkylation sites (N-methyl/N-ethyl adjacent to an activating group) is 2. The number of nitrogens with one attached hydrogen (secondary N) is 6. The number of methoxy groups -OCH3 is 1. The number of unbranched alkanes of at least 4 members (excludes halogenated alkanes) is 5. The summed E-state index contributed by atoms with van der Waals surface area (Å²) in [6.07, 6.45) is 11.7. The molecule has 0 aliphatic rings. The van der Waals surface area contributed by atoms with Crippen LogP contribution in [0.25, 0.3) is 0 Å². The fourth-order valence-electron chi connectivity index (χ4n) is 6.28. The lowest BCUT2D eigenvalue weighted by Gasteiger charge is -2.12. The van der Waals surface area contributed by atoms with Crippen LogP contribution < -0.4 is 49.3 Å². The van der Waals surface area contributed by atoms with Crippen LogP contribution in [0.1, 0.15) is 154 Å². The van der Waals surface area contributed by atoms with Crippen LogP contribution in [0.3, 0.4) is 0 Å². The van der Waals surface area contributed by atoms with E-state index in [9.17, 15) is 33.6 Å². The highest BCUT2D eigenvalue weighted by Crippen LogP contribution is 2.09. The molecule has 0 saturated heterocycles. The summed E-state index contributed by atoms with van der Waals surface area (Å²) in [5.41, 5.74) is 13.8. The van der Waals surface area contributed by atoms with Crippen molar-refractivity contribution in [2.24, 2.45) is 22.5 Å². The van der Waals surface area contributed by atoms with Gasteiger partial charge in [-0.3, -0.25) is 33.6 Å². The number of primary amides is 2. The Labute approximate surface area is 415 Å². The molecule has 0 fully saturated rings. The molecule has 0 unspecified atom stereocenters. The largest absolute Gasteiger partial charge is 0.396 e. The molecule has 20 heteroatoms. The van der Waals surface area contributed by atoms with E-state index in [4.69, 9.17) is 26.9 Å². The molecule has 0 bridgehead atoms. The summed E-state index contributed by atoms with van der Waals surface area (Å²) >= 11 is 0. The van der Waals surface area contributed by atoms with Crippen molar-refractivity contribution >= 4 is 46.9 Å². The van der Waals surface area contributed by atoms with E-state index >= 15 is 0 Å². The van der Waals surface area contributed by atoms with Crippen LogP contribution in [-0.2, 0) is 33.6 Å². The third kappa shape index (κ3) is 32.9. The minimum Gasteiger partial charge on any atom is -0.396 e. The van der Waals surface area contributed by atoms with Gasteiger partial charge in [0, 0.05) is 69.4 Å². The summed E-state index contributed by atoms with van der Waals surface area (Å²) in [5.74, 6) is 3.96. The third-order valence-corrected chi connectivity index (χ3v) is 10.6. The lowest BCUT2D eigenvalue weighted by molar-refractivity contribution is -0.122. The fourth-order valence-corrected chi connectivity index (χ4v) is 6.28. The van der Waals surface area contributed by atoms with Gasteiger partial charge in [-0.05, 0) is 135 Å². The lowest BCUT2D eigenvalue weighted by Crippen LogP contribution is -2.39. The molecule has 0 radical (unpaired) electrons. The second-order valence-electron chi connectivity index (χ2n) is 16.4. The van der Waals surface area contributed by atoms with Gasteiger partial charge in [0.1, 0.15) is 6.61 Å². The Morgan fingerprint density at radius 1 is 0.543 bits per heavy atom. The van der Waals surface area contributed by atoms with E-state index < -0.39 is 0 Å². The zero-order valence-electron chi connectivity index (χ0n) is 42.6. The van der Waals surface area contributed by atoms with Crippen LogP contribution >= 0.6 is 0 Å². The van der Waals surface area contributed by atoms with Crippen molar-refractivity contribution in [1.82, 2.24) is 31.9 Å². The molecule has 0 aliphatic carbocycles. The van der Waals surface area contributed by atoms with Gasteiger partial charge in [0.05, 0.1) is 24.4 Å². The molecule has 6 amide bonds. The smallest absolute Gasteiger partial charge is 0.251 e. The van der Waals surface area contributed by atoms with Crippen LogP contribution in [0, 0.1) is 0 Å². The molecule has 2 atom stereocenters. The fraction of sp³-hybridized carbons (Fsp3) is 0.600. The van der Waals surface area contributed by atoms with Crippen molar-refractivity contribution in [3.8, 4) is 0 Å². The van der Waals surface area contributed by atoms with Gasteiger partial charge in [-0.2, -0.15) is 0 Å². The SMILES string of the molecule is CCCCC(=O)NCCCCON.CN[C@@H](CCCCNC(=O)c1ccc(/C(C)=N/OCCCCNC(=O)CCCOC)cc1)C(N)=O.CN[C@@H](CCCCNC(=O)c1ccc(C(C)=O)cc1)C(N)=O. The van der Waals surface area contributed by atoms with Crippen molar-refractivity contribution < 1.29 is 48.0 Å². The number of Topliss-reactive ketones (excluding diaryl/α,β-unsaturated/α-hetero) is 1. The van der Waals surface area contributed by atoms with Crippen molar-refractivity contribution in [2.45, 2.75) is 129 Å². The number of carbonyl (C=O) groups excluding carboxylic acids is 7. The van der Waals surface area contributed by atoms with Crippen LogP contribution in [0.5, 0.6) is 0 Å². The predicted octanol–water partition coefficient (Wildman–Crippen LogP) is 3.55. The molecule has 0 saturated carbocycles. The highest BCUT2D eigenvalue weighted by molar-refractivity contribution is 6.00. The number of ketones is 1. The summed E-state index contributed by atoms with van der Waals surface area (Å²) in [6.45, 7) is 9.43. The second kappa shape index (κ2) is 42.1. The maximum atomic E-state index is 12.3. The Bertz CT molecular complexity index is 1810. The maximum Gasteiger partial charge on any atom is 0.251 e. The van der Waals surface area contributed by atoms with Crippen molar-refractivity contribution in [1.29, 1.82) is 0 Å². The highest BCUT2D eigenvalue weighted by atomic mass is 16.6. The second-order valence-corrected chi connectivity index (χ2v) is 16.4. The number of oxime groups is 1. The van der Waals surface area contributed by atoms with Gasteiger partial charge in [-0.1, -0.05) is 42.8 Å². The molecule has 0 aliphatic heterocycles. The number of ether oxygens (including phenoxy) is 1. The van der Waals surface area contributed by atoms with Gasteiger partial charge in [-0.25, -0.2) is 5.90 Å². The average molecular weight is 985 g/mol. The summed E-state index contributed by atoms with van der Waals surface area (Å²) in [6, 6.07) is 13.1. The zero-order chi connectivity index (χ0) is 52.4. The van der Waals surface area contributed by atoms with Crippen molar-refractivity contribution in [2.75, 3.05) is 67.2 Å². The molecular formula is C50H84N10O10. The molecule has 0 spiro atoms. The molecule has 70 heavy (non-hydrogen) atoms. The van der Waals surface area contributed by atoms with E-state index in [0.717, 1.165) is 88.4 Å². The summed E-state index contributed by atoms with van der Waals surface area (Å²) in [4.78, 5) is 90.0. The molecule has 12 N–H and O–H groups in total. The minimum atomic E-state index is -0.365. The molecule has 20 nitrogen and oxygen atoms in total. The normalized spacial score (nSPS) is 11.6. The number of carbonyl (C=O) groups is 7. The standard InChI is InChI=1S/C25H41N5O5.C16H23N3O3.C9H20N2O2/c1-19(30-35-18-7-6-15-28-23(31)10-8-17-34-3)20-11-13-21(14-12-20)25(33)29-16-5-4-9-22(27-2)24(26)32;1-11(20)12-6-8-13(9-7-12)16(22)19-10-4-3-5-14(18-2)15(17)21;1-2-3-6-9(12)11-7-4-5-8-13-10/h11-14,22,27H,4-10,15-18H2,1-3H3,(H2,26,32)(H,28,31)(H,29,33);6-9,14,18H,3-5,10H2,1-2H3,(H2,17,21)(H,19,22);2-8,10H2,1H3,(H,11,12)/b30-19+;;/t22-;14-;/m00./s1. The summed E-state index contributed by atoms with van der Waals surface area (Å²) in [5, 5.41) is 21.3. The van der Waals surface area contributed by atoms with E-state index in [0.29, 0.717) is 81.8 Å². The molecule has 0 heterocycles. The van der Waals surface area contributed by atoms with Crippen molar-refractivity contribution in [3.63, 3.8) is 0 Å². The quantitative estimate of drug-likeness (QED) is 0.0205. The first-order valence-electron chi connectivity index (χ1n) is 24.4. The topological polar surface area (TPSA) is 310 Å². The van der Waals surface area contributed by atoms with Crippen LogP contribution in [0.2, 0.25) is 0 Å². The van der Waals surface area contributed by atoms with Gasteiger partial charge >= 0.3 is 0 Å². The Balaban J connectivity index is 0.00000115. The number of nitrogens with zero attached hydrogens (tertiary/aromatic N) is 1. The number of amides is 6. The van der Waals surface area contributed by atoms with E-state index in [1.54, 1.807) is 57.6 Å². The van der Waals surface area contributed by atoms with Gasteiger partial charge in [-0.15, -0.1) is 0 Å². The number of rotatable bonds is 36. The summed E-state index contributed by atoms with van der Waals surface area (Å²) in [7, 11) is 5.02. The number of benzene rings is 2. The van der Waals surface area contributed by atoms with E-state index in [1.807, 2.05) is 19.1 Å². The van der Waals surface area contributed by atoms with Gasteiger partial charge in [0.2, 0.25) is 23.6 Å². The van der Waals surface area contributed by atoms with E-state index in [1.165, 1.54) is 6.92 Å². The van der Waals surface area contributed by atoms with Gasteiger partial charge in [0.15, 0.2) is 5.78 Å². The van der Waals surface area contributed by atoms with Gasteiger partial charge in [0.25, 0.3) is 11.8 Å². The zero-order valence-corrected chi connectivity index (χ0v) is 42.6. The molecule has 0 aromatic heterocycles. The molecule has 2 aromatic carbocycles. The number of nitrogens with two attached hydrogens (primary N) is 3. The monoisotopic (exact) mass is 985 g/mol. The van der Waals surface area contributed by atoms with Crippen LogP contribution in [0.15, 0.2) is 53.7 Å². The lowest BCUT2D eigenvalue weighted by atomic mass is 10.1. The summed E-state index contributed by atoms with van der Waals surface area (Å²) < 4.78 is 4.93. The molecule has 394 valence electrons. The number of hydrogen-bond donors (Lipinski definition) is 9. The van der Waals surface area contributed by atoms with E-state index in [2.05, 4.69) is 48.8 Å². The first-order valence-corrected chi connectivity index (χ1v) is 24.4.